The van der Waals surface area contributed by atoms with E-state index in [1.54, 1.807) is 0 Å². The van der Waals surface area contributed by atoms with Gasteiger partial charge in [0.15, 0.2) is 0 Å². The summed E-state index contributed by atoms with van der Waals surface area (Å²) in [6.07, 6.45) is 6.79. The van der Waals surface area contributed by atoms with Gasteiger partial charge in [-0.25, -0.2) is 0 Å². The van der Waals surface area contributed by atoms with E-state index >= 15 is 0 Å². The molecule has 2 aliphatic heterocycles. The number of likely N-dealkylation sites (tertiary alicyclic amines) is 1. The topological polar surface area (TPSA) is 47.0 Å². The highest BCUT2D eigenvalue weighted by atomic mass is 16.2. The van der Waals surface area contributed by atoms with Crippen LogP contribution in [0.3, 0.4) is 0 Å². The van der Waals surface area contributed by atoms with Crippen LogP contribution in [0, 0.1) is 0 Å². The normalized spacial score (nSPS) is 24.6. The predicted octanol–water partition coefficient (Wildman–Crippen LogP) is 1.17. The smallest absolute Gasteiger partial charge is 0.236 e. The van der Waals surface area contributed by atoms with Crippen molar-refractivity contribution in [3.63, 3.8) is 0 Å². The molecule has 22 heavy (non-hydrogen) atoms. The van der Waals surface area contributed by atoms with Gasteiger partial charge in [-0.3, -0.25) is 9.69 Å². The maximum Gasteiger partial charge on any atom is 0.236 e. The Labute approximate surface area is 135 Å². The average Bonchev–Trinajstić information content (AvgIpc) is 2.53. The van der Waals surface area contributed by atoms with Crippen molar-refractivity contribution in [2.24, 2.45) is 0 Å². The fraction of sp³-hybridized carbons (Fsp3) is 0.941. The number of piperidine rings is 1. The Morgan fingerprint density at radius 2 is 1.73 bits per heavy atom. The number of aliphatic hydroxyl groups excluding tert-OH is 1. The Balaban J connectivity index is 1.63. The molecule has 0 aromatic carbocycles. The van der Waals surface area contributed by atoms with Crippen LogP contribution in [0.5, 0.6) is 0 Å². The number of carbonyl (C=O) groups is 1. The maximum atomic E-state index is 12.4. The van der Waals surface area contributed by atoms with Gasteiger partial charge in [0.05, 0.1) is 6.54 Å². The van der Waals surface area contributed by atoms with Gasteiger partial charge in [0.25, 0.3) is 0 Å². The molecule has 1 N–H and O–H groups in total. The van der Waals surface area contributed by atoms with Crippen molar-refractivity contribution in [1.82, 2.24) is 14.7 Å². The number of rotatable bonds is 7. The highest BCUT2D eigenvalue weighted by Gasteiger charge is 2.26. The van der Waals surface area contributed by atoms with Crippen molar-refractivity contribution in [2.45, 2.75) is 51.5 Å². The van der Waals surface area contributed by atoms with Crippen LogP contribution in [-0.4, -0.2) is 84.2 Å². The Morgan fingerprint density at radius 3 is 2.41 bits per heavy atom. The zero-order chi connectivity index (χ0) is 15.8. The second-order valence-electron chi connectivity index (χ2n) is 6.83. The lowest BCUT2D eigenvalue weighted by atomic mass is 10.0. The van der Waals surface area contributed by atoms with Gasteiger partial charge >= 0.3 is 0 Å². The van der Waals surface area contributed by atoms with E-state index in [-0.39, 0.29) is 0 Å². The van der Waals surface area contributed by atoms with Crippen molar-refractivity contribution < 1.29 is 9.90 Å². The molecule has 0 bridgehead atoms. The van der Waals surface area contributed by atoms with Crippen LogP contribution in [0.15, 0.2) is 0 Å². The number of piperazine rings is 1. The molecule has 2 aliphatic rings. The summed E-state index contributed by atoms with van der Waals surface area (Å²) in [5, 5.41) is 8.79. The number of amides is 1. The minimum absolute atomic E-state index is 0.310. The van der Waals surface area contributed by atoms with Crippen molar-refractivity contribution in [1.29, 1.82) is 0 Å². The fourth-order valence-electron chi connectivity index (χ4n) is 3.55. The molecule has 0 radical (unpaired) electrons. The summed E-state index contributed by atoms with van der Waals surface area (Å²) in [5.74, 6) is 0.323. The van der Waals surface area contributed by atoms with E-state index in [1.165, 1.54) is 12.8 Å². The summed E-state index contributed by atoms with van der Waals surface area (Å²) < 4.78 is 0. The van der Waals surface area contributed by atoms with E-state index in [0.29, 0.717) is 25.1 Å². The molecule has 0 aliphatic carbocycles. The lowest BCUT2D eigenvalue weighted by Gasteiger charge is -2.38. The SMILES string of the molecule is CC1CCCCN1C(=O)CN1CCN(CCCCCO)CC1. The number of aliphatic hydroxyl groups is 1. The van der Waals surface area contributed by atoms with Crippen LogP contribution in [0.25, 0.3) is 0 Å². The van der Waals surface area contributed by atoms with Gasteiger partial charge in [-0.2, -0.15) is 0 Å². The first-order valence-electron chi connectivity index (χ1n) is 9.05. The molecule has 0 aromatic heterocycles. The second-order valence-corrected chi connectivity index (χ2v) is 6.83. The molecule has 2 fully saturated rings. The quantitative estimate of drug-likeness (QED) is 0.717. The van der Waals surface area contributed by atoms with E-state index in [0.717, 1.165) is 65.0 Å². The monoisotopic (exact) mass is 311 g/mol. The van der Waals surface area contributed by atoms with E-state index < -0.39 is 0 Å². The van der Waals surface area contributed by atoms with Gasteiger partial charge in [0, 0.05) is 45.4 Å². The molecule has 0 spiro atoms. The minimum Gasteiger partial charge on any atom is -0.396 e. The first-order valence-corrected chi connectivity index (χ1v) is 9.05. The molecule has 2 rings (SSSR count). The number of hydrogen-bond donors (Lipinski definition) is 1. The first-order chi connectivity index (χ1) is 10.7. The first kappa shape index (κ1) is 17.7. The third-order valence-electron chi connectivity index (χ3n) is 5.08. The van der Waals surface area contributed by atoms with Crippen molar-refractivity contribution in [3.8, 4) is 0 Å². The van der Waals surface area contributed by atoms with Gasteiger partial charge in [-0.05, 0) is 52.0 Å². The zero-order valence-electron chi connectivity index (χ0n) is 14.2. The summed E-state index contributed by atoms with van der Waals surface area (Å²) in [7, 11) is 0. The van der Waals surface area contributed by atoms with Crippen molar-refractivity contribution in [3.05, 3.63) is 0 Å². The minimum atomic E-state index is 0.310. The number of hydrogen-bond acceptors (Lipinski definition) is 4. The summed E-state index contributed by atoms with van der Waals surface area (Å²) >= 11 is 0. The van der Waals surface area contributed by atoms with Crippen LogP contribution in [-0.2, 0) is 4.79 Å². The molecular formula is C17H33N3O2. The molecule has 5 heteroatoms. The van der Waals surface area contributed by atoms with E-state index in [9.17, 15) is 4.79 Å². The van der Waals surface area contributed by atoms with Crippen LogP contribution in [0.2, 0.25) is 0 Å². The van der Waals surface area contributed by atoms with Crippen molar-refractivity contribution >= 4 is 5.91 Å². The van der Waals surface area contributed by atoms with Crippen molar-refractivity contribution in [2.75, 3.05) is 52.4 Å². The average molecular weight is 311 g/mol. The molecular weight excluding hydrogens is 278 g/mol. The van der Waals surface area contributed by atoms with Gasteiger partial charge in [-0.1, -0.05) is 0 Å². The molecule has 128 valence electrons. The van der Waals surface area contributed by atoms with Gasteiger partial charge in [0.1, 0.15) is 0 Å². The molecule has 1 unspecified atom stereocenters. The van der Waals surface area contributed by atoms with E-state index in [4.69, 9.17) is 5.11 Å². The second kappa shape index (κ2) is 9.48. The lowest BCUT2D eigenvalue weighted by Crippen LogP contribution is -2.52. The number of carbonyl (C=O) groups excluding carboxylic acids is 1. The molecule has 5 nitrogen and oxygen atoms in total. The molecule has 0 saturated carbocycles. The van der Waals surface area contributed by atoms with Gasteiger partial charge in [-0.15, -0.1) is 0 Å². The number of nitrogens with zero attached hydrogens (tertiary/aromatic N) is 3. The summed E-state index contributed by atoms with van der Waals surface area (Å²) in [6, 6.07) is 0.425. The Kier molecular flexibility index (Phi) is 7.63. The van der Waals surface area contributed by atoms with Crippen LogP contribution in [0.4, 0.5) is 0 Å². The third kappa shape index (κ3) is 5.52. The lowest BCUT2D eigenvalue weighted by molar-refractivity contribution is -0.136. The predicted molar refractivity (Wildman–Crippen MR) is 88.8 cm³/mol. The highest BCUT2D eigenvalue weighted by molar-refractivity contribution is 5.78. The Bertz CT molecular complexity index is 330. The number of unbranched alkanes of at least 4 members (excludes halogenated alkanes) is 2. The highest BCUT2D eigenvalue weighted by Crippen LogP contribution is 2.17. The van der Waals surface area contributed by atoms with E-state index in [2.05, 4.69) is 21.6 Å². The summed E-state index contributed by atoms with van der Waals surface area (Å²) in [6.45, 7) is 9.33. The Morgan fingerprint density at radius 1 is 1.00 bits per heavy atom. The summed E-state index contributed by atoms with van der Waals surface area (Å²) in [5.41, 5.74) is 0. The van der Waals surface area contributed by atoms with Crippen LogP contribution in [0.1, 0.15) is 45.4 Å². The largest absolute Gasteiger partial charge is 0.396 e. The molecule has 0 aromatic rings. The van der Waals surface area contributed by atoms with Crippen LogP contribution < -0.4 is 0 Å². The fourth-order valence-corrected chi connectivity index (χ4v) is 3.55. The molecule has 2 saturated heterocycles. The molecule has 1 atom stereocenters. The van der Waals surface area contributed by atoms with Crippen LogP contribution >= 0.6 is 0 Å². The maximum absolute atomic E-state index is 12.4. The standard InChI is InChI=1S/C17H33N3O2/c1-16-7-3-5-9-20(16)17(22)15-19-12-10-18(11-13-19)8-4-2-6-14-21/h16,21H,2-15H2,1H3. The van der Waals surface area contributed by atoms with Gasteiger partial charge in [0.2, 0.25) is 5.91 Å². The Hall–Kier alpha value is -0.650. The van der Waals surface area contributed by atoms with E-state index in [1.807, 2.05) is 0 Å². The third-order valence-corrected chi connectivity index (χ3v) is 5.08. The molecule has 1 amide bonds. The summed E-state index contributed by atoms with van der Waals surface area (Å²) in [4.78, 5) is 19.3. The van der Waals surface area contributed by atoms with Gasteiger partial charge < -0.3 is 14.9 Å². The molecule has 2 heterocycles. The zero-order valence-corrected chi connectivity index (χ0v) is 14.2.